The van der Waals surface area contributed by atoms with E-state index in [1.54, 1.807) is 6.92 Å². The maximum Gasteiger partial charge on any atom is 0.258 e. The second kappa shape index (κ2) is 11.3. The molecule has 9 heteroatoms. The van der Waals surface area contributed by atoms with Crippen LogP contribution in [0.4, 0.5) is 14.5 Å². The Kier molecular flexibility index (Phi) is 7.54. The van der Waals surface area contributed by atoms with Crippen LogP contribution in [0.25, 0.3) is 33.5 Å². The van der Waals surface area contributed by atoms with Gasteiger partial charge in [0.1, 0.15) is 23.6 Å². The summed E-state index contributed by atoms with van der Waals surface area (Å²) in [4.78, 5) is 25.3. The molecule has 220 valence electrons. The van der Waals surface area contributed by atoms with Crippen LogP contribution in [0.2, 0.25) is 0 Å². The van der Waals surface area contributed by atoms with Gasteiger partial charge in [-0.15, -0.1) is 0 Å². The Bertz CT molecular complexity index is 1820. The molecule has 1 aliphatic rings. The Labute approximate surface area is 248 Å². The smallest absolute Gasteiger partial charge is 0.258 e. The number of hydrogen-bond donors (Lipinski definition) is 4. The highest BCUT2D eigenvalue weighted by atomic mass is 19.1. The van der Waals surface area contributed by atoms with Crippen molar-refractivity contribution in [1.82, 2.24) is 20.3 Å². The highest BCUT2D eigenvalue weighted by Crippen LogP contribution is 2.35. The lowest BCUT2D eigenvalue weighted by molar-refractivity contribution is 0.0780. The normalized spacial score (nSPS) is 14.3. The van der Waals surface area contributed by atoms with Crippen LogP contribution in [0.1, 0.15) is 59.7 Å². The number of nitrogens with zero attached hydrogens (tertiary/aromatic N) is 2. The number of halogens is 2. The van der Waals surface area contributed by atoms with Crippen LogP contribution < -0.4 is 10.6 Å². The van der Waals surface area contributed by atoms with Crippen molar-refractivity contribution in [2.75, 3.05) is 18.4 Å². The second-order valence-electron chi connectivity index (χ2n) is 11.6. The van der Waals surface area contributed by atoms with Gasteiger partial charge in [0.05, 0.1) is 16.9 Å². The minimum absolute atomic E-state index is 0.196. The number of H-pyrrole nitrogens is 1. The molecule has 43 heavy (non-hydrogen) atoms. The first-order valence-corrected chi connectivity index (χ1v) is 14.4. The van der Waals surface area contributed by atoms with Crippen molar-refractivity contribution >= 4 is 22.6 Å². The summed E-state index contributed by atoms with van der Waals surface area (Å²) < 4.78 is 29.8. The summed E-state index contributed by atoms with van der Waals surface area (Å²) in [5.74, 6) is -1.54. The van der Waals surface area contributed by atoms with Gasteiger partial charge >= 0.3 is 0 Å². The molecule has 1 saturated heterocycles. The quantitative estimate of drug-likeness (QED) is 0.176. The third kappa shape index (κ3) is 5.78. The molecular weight excluding hydrogens is 548 g/mol. The van der Waals surface area contributed by atoms with Crippen molar-refractivity contribution in [3.05, 3.63) is 101 Å². The van der Waals surface area contributed by atoms with Crippen LogP contribution >= 0.6 is 0 Å². The van der Waals surface area contributed by atoms with E-state index in [0.29, 0.717) is 39.3 Å². The minimum Gasteiger partial charge on any atom is -0.386 e. The number of benzene rings is 3. The average molecular weight is 582 g/mol. The average Bonchev–Trinajstić information content (AvgIpc) is 3.43. The molecule has 0 aliphatic carbocycles. The molecule has 5 aromatic rings. The molecule has 1 aliphatic heterocycles. The van der Waals surface area contributed by atoms with E-state index in [1.165, 1.54) is 50.0 Å². The number of carbonyl (C=O) groups is 1. The number of nitrogens with one attached hydrogen (secondary N) is 3. The first-order valence-electron chi connectivity index (χ1n) is 14.4. The van der Waals surface area contributed by atoms with Crippen molar-refractivity contribution in [2.24, 2.45) is 0 Å². The van der Waals surface area contributed by atoms with E-state index in [2.05, 4.69) is 49.9 Å². The molecule has 0 bridgehead atoms. The zero-order valence-electron chi connectivity index (χ0n) is 24.3. The second-order valence-corrected chi connectivity index (χ2v) is 11.6. The monoisotopic (exact) mass is 581 g/mol. The van der Waals surface area contributed by atoms with Crippen LogP contribution in [-0.4, -0.2) is 39.1 Å². The van der Waals surface area contributed by atoms with Gasteiger partial charge in [-0.1, -0.05) is 30.3 Å². The number of rotatable bonds is 6. The number of carbonyl (C=O) groups excluding carboxylic acids is 1. The summed E-state index contributed by atoms with van der Waals surface area (Å²) >= 11 is 0. The summed E-state index contributed by atoms with van der Waals surface area (Å²) in [5, 5.41) is 16.9. The zero-order chi connectivity index (χ0) is 30.3. The van der Waals surface area contributed by atoms with Crippen LogP contribution in [-0.2, 0) is 5.60 Å². The molecule has 1 amide bonds. The van der Waals surface area contributed by atoms with E-state index < -0.39 is 23.1 Å². The predicted octanol–water partition coefficient (Wildman–Crippen LogP) is 6.83. The van der Waals surface area contributed by atoms with Gasteiger partial charge in [0.2, 0.25) is 0 Å². The molecule has 1 fully saturated rings. The summed E-state index contributed by atoms with van der Waals surface area (Å²) in [5.41, 5.74) is 4.40. The van der Waals surface area contributed by atoms with E-state index in [4.69, 9.17) is 0 Å². The Morgan fingerprint density at radius 1 is 1.00 bits per heavy atom. The maximum absolute atomic E-state index is 15.0. The molecule has 2 aromatic heterocycles. The van der Waals surface area contributed by atoms with Gasteiger partial charge in [0.25, 0.3) is 5.91 Å². The van der Waals surface area contributed by atoms with Crippen molar-refractivity contribution in [3.8, 4) is 22.5 Å². The van der Waals surface area contributed by atoms with Crippen LogP contribution in [0, 0.1) is 18.6 Å². The number of aromatic amines is 1. The van der Waals surface area contributed by atoms with Gasteiger partial charge in [0.15, 0.2) is 0 Å². The Morgan fingerprint density at radius 3 is 2.44 bits per heavy atom. The van der Waals surface area contributed by atoms with E-state index in [1.807, 2.05) is 6.07 Å². The molecule has 0 spiro atoms. The van der Waals surface area contributed by atoms with Crippen LogP contribution in [0.3, 0.4) is 0 Å². The number of hydrogen-bond acceptors (Lipinski definition) is 5. The van der Waals surface area contributed by atoms with Gasteiger partial charge in [-0.2, -0.15) is 0 Å². The Balaban J connectivity index is 1.31. The molecular formula is C34H33F2N5O2. The van der Waals surface area contributed by atoms with E-state index >= 15 is 0 Å². The number of aliphatic hydroxyl groups is 1. The fourth-order valence-corrected chi connectivity index (χ4v) is 5.72. The first-order chi connectivity index (χ1) is 20.6. The third-order valence-electron chi connectivity index (χ3n) is 8.25. The van der Waals surface area contributed by atoms with E-state index in [9.17, 15) is 18.7 Å². The third-order valence-corrected chi connectivity index (χ3v) is 8.25. The molecule has 7 nitrogen and oxygen atoms in total. The molecule has 3 heterocycles. The van der Waals surface area contributed by atoms with Crippen LogP contribution in [0.15, 0.2) is 67.0 Å². The summed E-state index contributed by atoms with van der Waals surface area (Å²) in [6.07, 6.45) is 3.67. The number of amides is 1. The first kappa shape index (κ1) is 28.6. The highest BCUT2D eigenvalue weighted by Gasteiger charge is 2.22. The highest BCUT2D eigenvalue weighted by molar-refractivity contribution is 6.06. The fourth-order valence-electron chi connectivity index (χ4n) is 5.72. The number of piperidine rings is 1. The van der Waals surface area contributed by atoms with Crippen molar-refractivity contribution in [2.45, 2.75) is 45.1 Å². The van der Waals surface area contributed by atoms with E-state index in [-0.39, 0.29) is 11.3 Å². The standard InChI is InChI=1S/C34H33F2N5O2/c1-19-26(15-24(35)16-29(19)41-33(42)25-9-8-23(14-28(25)36)34(2,3)43)31-27-17-30(40-32(27)39-18-38-31)22-6-4-20(5-7-22)21-10-12-37-13-11-21/h4-9,14-18,21,37,43H,10-13H2,1-3H3,(H,41,42)(H,38,39,40). The minimum atomic E-state index is -1.26. The largest absolute Gasteiger partial charge is 0.386 e. The van der Waals surface area contributed by atoms with Crippen molar-refractivity contribution in [3.63, 3.8) is 0 Å². The van der Waals surface area contributed by atoms with Crippen LogP contribution in [0.5, 0.6) is 0 Å². The van der Waals surface area contributed by atoms with E-state index in [0.717, 1.165) is 43.3 Å². The lowest BCUT2D eigenvalue weighted by Gasteiger charge is -2.23. The SMILES string of the molecule is Cc1c(NC(=O)c2ccc(C(C)(C)O)cc2F)cc(F)cc1-c1ncnc2[nH]c(-c3ccc(C4CCNCC4)cc3)cc12. The van der Waals surface area contributed by atoms with Crippen molar-refractivity contribution in [1.29, 1.82) is 0 Å². The maximum atomic E-state index is 15.0. The Hall–Kier alpha value is -4.47. The molecule has 0 atom stereocenters. The number of anilines is 1. The summed E-state index contributed by atoms with van der Waals surface area (Å²) in [6, 6.07) is 17.0. The lowest BCUT2D eigenvalue weighted by Crippen LogP contribution is -2.26. The number of aromatic nitrogens is 3. The van der Waals surface area contributed by atoms with Gasteiger partial charge in [-0.25, -0.2) is 18.7 Å². The molecule has 0 unspecified atom stereocenters. The summed E-state index contributed by atoms with van der Waals surface area (Å²) in [7, 11) is 0. The molecule has 0 saturated carbocycles. The van der Waals surface area contributed by atoms with Gasteiger partial charge in [-0.05, 0) is 105 Å². The molecule has 6 rings (SSSR count). The van der Waals surface area contributed by atoms with Crippen molar-refractivity contribution < 1.29 is 18.7 Å². The fraction of sp³-hybridized carbons (Fsp3) is 0.265. The molecule has 4 N–H and O–H groups in total. The molecule has 3 aromatic carbocycles. The van der Waals surface area contributed by atoms with Gasteiger partial charge in [-0.3, -0.25) is 4.79 Å². The topological polar surface area (TPSA) is 103 Å². The summed E-state index contributed by atoms with van der Waals surface area (Å²) in [6.45, 7) is 6.88. The lowest BCUT2D eigenvalue weighted by atomic mass is 9.89. The number of fused-ring (bicyclic) bond motifs is 1. The van der Waals surface area contributed by atoms with Gasteiger partial charge in [0, 0.05) is 22.3 Å². The Morgan fingerprint density at radius 2 is 1.74 bits per heavy atom. The predicted molar refractivity (Wildman–Crippen MR) is 164 cm³/mol. The molecule has 0 radical (unpaired) electrons. The van der Waals surface area contributed by atoms with Gasteiger partial charge < -0.3 is 20.7 Å². The zero-order valence-corrected chi connectivity index (χ0v) is 24.3.